The quantitative estimate of drug-likeness (QED) is 0.471. The van der Waals surface area contributed by atoms with Crippen LogP contribution in [0.5, 0.6) is 5.75 Å². The van der Waals surface area contributed by atoms with E-state index < -0.39 is 7.82 Å². The second kappa shape index (κ2) is 3.15. The second-order valence-electron chi connectivity index (χ2n) is 2.15. The predicted molar refractivity (Wildman–Crippen MR) is 43.5 cm³/mol. The smallest absolute Gasteiger partial charge is 0.404 e. The molecule has 4 N–H and O–H groups in total. The molecule has 1 aromatic carbocycles. The fourth-order valence-corrected chi connectivity index (χ4v) is 1.10. The third kappa shape index (κ3) is 2.92. The van der Waals surface area contributed by atoms with E-state index in [0.717, 1.165) is 0 Å². The normalized spacial score (nSPS) is 11.2. The molecule has 0 radical (unpaired) electrons. The first-order chi connectivity index (χ1) is 5.47. The standard InChI is InChI=1S/C6H8NO4P/c7-5-2-1-3-6(4-5)11-12(8,9)10/h1-4H,7H2,(H2,8,9,10). The molecule has 66 valence electrons. The van der Waals surface area contributed by atoms with Gasteiger partial charge in [0.1, 0.15) is 5.75 Å². The third-order valence-electron chi connectivity index (χ3n) is 1.08. The highest BCUT2D eigenvalue weighted by Crippen LogP contribution is 2.37. The molecule has 0 heterocycles. The fraction of sp³-hybridized carbons (Fsp3) is 0. The Morgan fingerprint density at radius 1 is 1.42 bits per heavy atom. The number of hydrogen-bond donors (Lipinski definition) is 3. The van der Waals surface area contributed by atoms with Crippen molar-refractivity contribution >= 4 is 13.5 Å². The monoisotopic (exact) mass is 189 g/mol. The highest BCUT2D eigenvalue weighted by atomic mass is 31.2. The van der Waals surface area contributed by atoms with Crippen molar-refractivity contribution in [2.24, 2.45) is 0 Å². The van der Waals surface area contributed by atoms with Gasteiger partial charge in [-0.25, -0.2) is 4.57 Å². The number of anilines is 1. The lowest BCUT2D eigenvalue weighted by atomic mass is 10.3. The number of phosphoric ester groups is 1. The van der Waals surface area contributed by atoms with E-state index in [1.165, 1.54) is 12.1 Å². The molecule has 0 saturated carbocycles. The molecule has 6 heteroatoms. The molecule has 0 fully saturated rings. The van der Waals surface area contributed by atoms with Crippen molar-refractivity contribution in [3.05, 3.63) is 24.3 Å². The first-order valence-corrected chi connectivity index (χ1v) is 4.61. The van der Waals surface area contributed by atoms with Crippen LogP contribution in [0.4, 0.5) is 5.69 Å². The van der Waals surface area contributed by atoms with Crippen molar-refractivity contribution in [1.29, 1.82) is 0 Å². The van der Waals surface area contributed by atoms with E-state index >= 15 is 0 Å². The minimum atomic E-state index is -4.46. The number of nitrogen functional groups attached to an aromatic ring is 1. The van der Waals surface area contributed by atoms with Gasteiger partial charge in [0, 0.05) is 11.8 Å². The van der Waals surface area contributed by atoms with Crippen LogP contribution in [-0.4, -0.2) is 9.79 Å². The Labute approximate surface area is 69.0 Å². The van der Waals surface area contributed by atoms with Crippen LogP contribution in [0.3, 0.4) is 0 Å². The molecule has 1 aromatic rings. The highest BCUT2D eigenvalue weighted by Gasteiger charge is 2.15. The molecular formula is C6H8NO4P. The Kier molecular flexibility index (Phi) is 2.38. The van der Waals surface area contributed by atoms with Crippen molar-refractivity contribution in [3.8, 4) is 5.75 Å². The van der Waals surface area contributed by atoms with E-state index in [1.807, 2.05) is 0 Å². The Bertz CT molecular complexity index is 321. The molecule has 0 saturated heterocycles. The SMILES string of the molecule is Nc1cccc(OP(=O)(O)O)c1. The highest BCUT2D eigenvalue weighted by molar-refractivity contribution is 7.46. The van der Waals surface area contributed by atoms with Gasteiger partial charge in [0.25, 0.3) is 0 Å². The van der Waals surface area contributed by atoms with Crippen LogP contribution in [0, 0.1) is 0 Å². The summed E-state index contributed by atoms with van der Waals surface area (Å²) in [5.74, 6) is 0.0586. The minimum Gasteiger partial charge on any atom is -0.404 e. The summed E-state index contributed by atoms with van der Waals surface area (Å²) in [6, 6.07) is 5.88. The van der Waals surface area contributed by atoms with Crippen LogP contribution >= 0.6 is 7.82 Å². The molecule has 5 nitrogen and oxygen atoms in total. The van der Waals surface area contributed by atoms with E-state index in [9.17, 15) is 4.57 Å². The molecule has 0 aliphatic carbocycles. The maximum absolute atomic E-state index is 10.3. The van der Waals surface area contributed by atoms with Gasteiger partial charge >= 0.3 is 7.82 Å². The van der Waals surface area contributed by atoms with Gasteiger partial charge in [0.2, 0.25) is 0 Å². The maximum Gasteiger partial charge on any atom is 0.524 e. The number of hydrogen-bond acceptors (Lipinski definition) is 3. The van der Waals surface area contributed by atoms with Gasteiger partial charge in [-0.15, -0.1) is 0 Å². The molecule has 0 atom stereocenters. The molecule has 0 amide bonds. The summed E-state index contributed by atoms with van der Waals surface area (Å²) in [5, 5.41) is 0. The zero-order valence-corrected chi connectivity index (χ0v) is 6.94. The van der Waals surface area contributed by atoms with Gasteiger partial charge < -0.3 is 10.3 Å². The Morgan fingerprint density at radius 3 is 2.58 bits per heavy atom. The van der Waals surface area contributed by atoms with Gasteiger partial charge in [0.05, 0.1) is 0 Å². The van der Waals surface area contributed by atoms with Crippen LogP contribution in [-0.2, 0) is 4.57 Å². The van der Waals surface area contributed by atoms with E-state index in [1.54, 1.807) is 12.1 Å². The van der Waals surface area contributed by atoms with Crippen LogP contribution in [0.25, 0.3) is 0 Å². The lowest BCUT2D eigenvalue weighted by Crippen LogP contribution is -1.91. The van der Waals surface area contributed by atoms with Crippen molar-refractivity contribution in [1.82, 2.24) is 0 Å². The van der Waals surface area contributed by atoms with Crippen molar-refractivity contribution in [2.45, 2.75) is 0 Å². The van der Waals surface area contributed by atoms with Gasteiger partial charge in [-0.3, -0.25) is 9.79 Å². The van der Waals surface area contributed by atoms with Crippen molar-refractivity contribution < 1.29 is 18.9 Å². The first-order valence-electron chi connectivity index (χ1n) is 3.08. The van der Waals surface area contributed by atoms with E-state index in [-0.39, 0.29) is 5.75 Å². The van der Waals surface area contributed by atoms with Gasteiger partial charge in [-0.05, 0) is 12.1 Å². The van der Waals surface area contributed by atoms with Crippen LogP contribution in [0.15, 0.2) is 24.3 Å². The summed E-state index contributed by atoms with van der Waals surface area (Å²) in [7, 11) is -4.46. The number of benzene rings is 1. The molecule has 0 aliphatic heterocycles. The lowest BCUT2D eigenvalue weighted by Gasteiger charge is -2.06. The third-order valence-corrected chi connectivity index (χ3v) is 1.53. The number of phosphoric acid groups is 1. The Hall–Kier alpha value is -1.03. The topological polar surface area (TPSA) is 92.8 Å². The number of rotatable bonds is 2. The maximum atomic E-state index is 10.3. The zero-order chi connectivity index (χ0) is 9.19. The van der Waals surface area contributed by atoms with Crippen LogP contribution in [0.2, 0.25) is 0 Å². The molecular weight excluding hydrogens is 181 g/mol. The first kappa shape index (κ1) is 9.06. The largest absolute Gasteiger partial charge is 0.524 e. The summed E-state index contributed by atoms with van der Waals surface area (Å²) in [5.41, 5.74) is 5.73. The Morgan fingerprint density at radius 2 is 2.08 bits per heavy atom. The molecule has 0 bridgehead atoms. The minimum absolute atomic E-state index is 0.0586. The van der Waals surface area contributed by atoms with Gasteiger partial charge in [-0.2, -0.15) is 0 Å². The van der Waals surface area contributed by atoms with Gasteiger partial charge in [0.15, 0.2) is 0 Å². The van der Waals surface area contributed by atoms with Crippen LogP contribution in [0.1, 0.15) is 0 Å². The Balaban J connectivity index is 2.84. The average Bonchev–Trinajstić information content (AvgIpc) is 1.82. The molecule has 12 heavy (non-hydrogen) atoms. The molecule has 0 unspecified atom stereocenters. The second-order valence-corrected chi connectivity index (χ2v) is 3.32. The van der Waals surface area contributed by atoms with Crippen molar-refractivity contribution in [2.75, 3.05) is 5.73 Å². The predicted octanol–water partition coefficient (Wildman–Crippen LogP) is 0.740. The molecule has 1 rings (SSSR count). The fourth-order valence-electron chi connectivity index (χ4n) is 0.709. The molecule has 0 spiro atoms. The van der Waals surface area contributed by atoms with Gasteiger partial charge in [-0.1, -0.05) is 6.07 Å². The molecule has 0 aliphatic rings. The van der Waals surface area contributed by atoms with Crippen LogP contribution < -0.4 is 10.3 Å². The van der Waals surface area contributed by atoms with E-state index in [2.05, 4.69) is 4.52 Å². The summed E-state index contributed by atoms with van der Waals surface area (Å²) < 4.78 is 14.6. The molecule has 0 aromatic heterocycles. The zero-order valence-electron chi connectivity index (χ0n) is 6.04. The lowest BCUT2D eigenvalue weighted by molar-refractivity contribution is 0.283. The van der Waals surface area contributed by atoms with Crippen molar-refractivity contribution in [3.63, 3.8) is 0 Å². The number of nitrogens with two attached hydrogens (primary N) is 1. The summed E-state index contributed by atoms with van der Waals surface area (Å²) in [4.78, 5) is 16.8. The van der Waals surface area contributed by atoms with E-state index in [4.69, 9.17) is 15.5 Å². The van der Waals surface area contributed by atoms with E-state index in [0.29, 0.717) is 5.69 Å². The summed E-state index contributed by atoms with van der Waals surface area (Å²) in [6.07, 6.45) is 0. The summed E-state index contributed by atoms with van der Waals surface area (Å²) >= 11 is 0. The average molecular weight is 189 g/mol. The summed E-state index contributed by atoms with van der Waals surface area (Å²) in [6.45, 7) is 0.